The van der Waals surface area contributed by atoms with Crippen LogP contribution in [0.25, 0.3) is 0 Å². The molecule has 0 aliphatic carbocycles. The first kappa shape index (κ1) is 20.8. The van der Waals surface area contributed by atoms with Gasteiger partial charge in [0.25, 0.3) is 0 Å². The summed E-state index contributed by atoms with van der Waals surface area (Å²) in [6.07, 6.45) is 2.18. The molecule has 0 unspecified atom stereocenters. The number of nitrogens with one attached hydrogen (secondary N) is 2. The normalized spacial score (nSPS) is 12.4. The number of ether oxygens (including phenoxy) is 2. The zero-order valence-corrected chi connectivity index (χ0v) is 14.0. The van der Waals surface area contributed by atoms with Crippen molar-refractivity contribution in [3.8, 4) is 0 Å². The van der Waals surface area contributed by atoms with E-state index < -0.39 is 11.9 Å². The third kappa shape index (κ3) is 11.5. The lowest BCUT2D eigenvalue weighted by Crippen LogP contribution is -2.48. The number of amides is 2. The van der Waals surface area contributed by atoms with E-state index in [-0.39, 0.29) is 18.4 Å². The second-order valence-electron chi connectivity index (χ2n) is 5.43. The number of unbranched alkanes of at least 4 members (excludes halogenated alkanes) is 1. The predicted octanol–water partition coefficient (Wildman–Crippen LogP) is 0.0354. The van der Waals surface area contributed by atoms with E-state index in [0.717, 1.165) is 19.4 Å². The molecule has 0 fully saturated rings. The third-order valence-corrected chi connectivity index (χ3v) is 3.04. The average molecular weight is 317 g/mol. The van der Waals surface area contributed by atoms with Crippen LogP contribution >= 0.6 is 0 Å². The Morgan fingerprint density at radius 1 is 1.09 bits per heavy atom. The lowest BCUT2D eigenvalue weighted by Gasteiger charge is -2.18. The van der Waals surface area contributed by atoms with Crippen molar-refractivity contribution in [2.75, 3.05) is 39.5 Å². The van der Waals surface area contributed by atoms with Gasteiger partial charge in [0.15, 0.2) is 0 Å². The third-order valence-electron chi connectivity index (χ3n) is 3.04. The van der Waals surface area contributed by atoms with Crippen LogP contribution in [0.3, 0.4) is 0 Å². The molecular weight excluding hydrogens is 286 g/mol. The molecule has 0 bridgehead atoms. The van der Waals surface area contributed by atoms with Crippen LogP contribution in [0.4, 0.5) is 0 Å². The maximum Gasteiger partial charge on any atom is 0.234 e. The standard InChI is InChI=1S/C15H31N3O4/c1-4-5-7-21-9-10-22-8-6-17-13(19)11-18-14(12(2)3)15(16)20/h12,14,18H,4-11H2,1-3H3,(H2,16,20)(H,17,19)/t14-/m0/s1. The molecule has 130 valence electrons. The van der Waals surface area contributed by atoms with Gasteiger partial charge >= 0.3 is 0 Å². The number of carbonyl (C=O) groups excluding carboxylic acids is 2. The quantitative estimate of drug-likeness (QED) is 0.392. The van der Waals surface area contributed by atoms with E-state index in [4.69, 9.17) is 15.2 Å². The summed E-state index contributed by atoms with van der Waals surface area (Å²) in [6.45, 7) is 8.65. The van der Waals surface area contributed by atoms with Gasteiger partial charge in [0, 0.05) is 13.2 Å². The molecule has 7 heteroatoms. The fraction of sp³-hybridized carbons (Fsp3) is 0.867. The Hall–Kier alpha value is -1.18. The van der Waals surface area contributed by atoms with Gasteiger partial charge in [0.2, 0.25) is 11.8 Å². The van der Waals surface area contributed by atoms with Gasteiger partial charge in [0.1, 0.15) is 0 Å². The molecule has 0 saturated carbocycles. The summed E-state index contributed by atoms with van der Waals surface area (Å²) in [6, 6.07) is -0.498. The second-order valence-corrected chi connectivity index (χ2v) is 5.43. The number of carbonyl (C=O) groups is 2. The molecule has 0 aromatic rings. The fourth-order valence-electron chi connectivity index (χ4n) is 1.76. The Balaban J connectivity index is 3.52. The molecule has 0 heterocycles. The Labute approximate surface area is 133 Å². The van der Waals surface area contributed by atoms with Crippen LogP contribution in [0.5, 0.6) is 0 Å². The summed E-state index contributed by atoms with van der Waals surface area (Å²) >= 11 is 0. The van der Waals surface area contributed by atoms with Crippen molar-refractivity contribution in [1.29, 1.82) is 0 Å². The highest BCUT2D eigenvalue weighted by Crippen LogP contribution is 1.99. The minimum Gasteiger partial charge on any atom is -0.379 e. The maximum absolute atomic E-state index is 11.6. The van der Waals surface area contributed by atoms with Crippen LogP contribution in [0.15, 0.2) is 0 Å². The van der Waals surface area contributed by atoms with E-state index in [0.29, 0.717) is 26.4 Å². The first-order valence-electron chi connectivity index (χ1n) is 7.93. The average Bonchev–Trinajstić information content (AvgIpc) is 2.45. The number of nitrogens with two attached hydrogens (primary N) is 1. The molecule has 1 atom stereocenters. The Kier molecular flexibility index (Phi) is 12.8. The summed E-state index contributed by atoms with van der Waals surface area (Å²) < 4.78 is 10.7. The lowest BCUT2D eigenvalue weighted by atomic mass is 10.0. The van der Waals surface area contributed by atoms with E-state index in [2.05, 4.69) is 17.6 Å². The van der Waals surface area contributed by atoms with Crippen LogP contribution in [0.2, 0.25) is 0 Å². The number of primary amides is 1. The second kappa shape index (κ2) is 13.5. The SMILES string of the molecule is CCCCOCCOCCNC(=O)CN[C@H](C(N)=O)C(C)C. The molecular formula is C15H31N3O4. The summed E-state index contributed by atoms with van der Waals surface area (Å²) in [5, 5.41) is 5.56. The molecule has 0 aromatic heterocycles. The topological polar surface area (TPSA) is 103 Å². The van der Waals surface area contributed by atoms with Crippen LogP contribution in [-0.2, 0) is 19.1 Å². The molecule has 2 amide bonds. The molecule has 0 spiro atoms. The zero-order chi connectivity index (χ0) is 16.8. The first-order chi connectivity index (χ1) is 10.5. The van der Waals surface area contributed by atoms with Crippen molar-refractivity contribution in [2.24, 2.45) is 11.7 Å². The van der Waals surface area contributed by atoms with Crippen molar-refractivity contribution in [2.45, 2.75) is 39.7 Å². The van der Waals surface area contributed by atoms with E-state index in [1.165, 1.54) is 0 Å². The summed E-state index contributed by atoms with van der Waals surface area (Å²) in [4.78, 5) is 22.8. The highest BCUT2D eigenvalue weighted by atomic mass is 16.5. The first-order valence-corrected chi connectivity index (χ1v) is 7.93. The van der Waals surface area contributed by atoms with Crippen molar-refractivity contribution in [3.05, 3.63) is 0 Å². The van der Waals surface area contributed by atoms with Crippen molar-refractivity contribution in [1.82, 2.24) is 10.6 Å². The van der Waals surface area contributed by atoms with Gasteiger partial charge in [-0.1, -0.05) is 27.2 Å². The zero-order valence-electron chi connectivity index (χ0n) is 14.0. The molecule has 0 saturated heterocycles. The van der Waals surface area contributed by atoms with Gasteiger partial charge in [-0.05, 0) is 12.3 Å². The number of rotatable bonds is 14. The Morgan fingerprint density at radius 2 is 1.73 bits per heavy atom. The molecule has 0 rings (SSSR count). The van der Waals surface area contributed by atoms with Gasteiger partial charge in [-0.25, -0.2) is 0 Å². The summed E-state index contributed by atoms with van der Waals surface area (Å²) in [5.74, 6) is -0.592. The Bertz CT molecular complexity index is 311. The largest absolute Gasteiger partial charge is 0.379 e. The Morgan fingerprint density at radius 3 is 2.27 bits per heavy atom. The van der Waals surface area contributed by atoms with Gasteiger partial charge < -0.3 is 20.5 Å². The molecule has 4 N–H and O–H groups in total. The monoisotopic (exact) mass is 317 g/mol. The van der Waals surface area contributed by atoms with Crippen LogP contribution < -0.4 is 16.4 Å². The van der Waals surface area contributed by atoms with E-state index in [1.54, 1.807) is 0 Å². The minimum atomic E-state index is -0.498. The molecule has 0 aliphatic rings. The van der Waals surface area contributed by atoms with E-state index in [9.17, 15) is 9.59 Å². The molecule has 22 heavy (non-hydrogen) atoms. The highest BCUT2D eigenvalue weighted by molar-refractivity contribution is 5.82. The summed E-state index contributed by atoms with van der Waals surface area (Å²) in [5.41, 5.74) is 5.26. The van der Waals surface area contributed by atoms with Crippen LogP contribution in [0, 0.1) is 5.92 Å². The molecule has 0 aromatic carbocycles. The fourth-order valence-corrected chi connectivity index (χ4v) is 1.76. The smallest absolute Gasteiger partial charge is 0.234 e. The maximum atomic E-state index is 11.6. The van der Waals surface area contributed by atoms with Crippen molar-refractivity contribution < 1.29 is 19.1 Å². The van der Waals surface area contributed by atoms with Gasteiger partial charge in [-0.15, -0.1) is 0 Å². The predicted molar refractivity (Wildman–Crippen MR) is 85.4 cm³/mol. The number of hydrogen-bond acceptors (Lipinski definition) is 5. The van der Waals surface area contributed by atoms with Crippen molar-refractivity contribution in [3.63, 3.8) is 0 Å². The van der Waals surface area contributed by atoms with Crippen molar-refractivity contribution >= 4 is 11.8 Å². The van der Waals surface area contributed by atoms with Gasteiger partial charge in [-0.3, -0.25) is 14.9 Å². The van der Waals surface area contributed by atoms with Gasteiger partial charge in [0.05, 0.1) is 32.4 Å². The van der Waals surface area contributed by atoms with E-state index in [1.807, 2.05) is 13.8 Å². The molecule has 7 nitrogen and oxygen atoms in total. The molecule has 0 aliphatic heterocycles. The van der Waals surface area contributed by atoms with Crippen LogP contribution in [-0.4, -0.2) is 57.4 Å². The summed E-state index contributed by atoms with van der Waals surface area (Å²) in [7, 11) is 0. The lowest BCUT2D eigenvalue weighted by molar-refractivity contribution is -0.122. The highest BCUT2D eigenvalue weighted by Gasteiger charge is 2.19. The van der Waals surface area contributed by atoms with Gasteiger partial charge in [-0.2, -0.15) is 0 Å². The van der Waals surface area contributed by atoms with Crippen LogP contribution in [0.1, 0.15) is 33.6 Å². The van der Waals surface area contributed by atoms with E-state index >= 15 is 0 Å². The molecule has 0 radical (unpaired) electrons. The number of hydrogen-bond donors (Lipinski definition) is 3. The minimum absolute atomic E-state index is 0.0429.